The van der Waals surface area contributed by atoms with E-state index in [-0.39, 0.29) is 6.04 Å². The van der Waals surface area contributed by atoms with E-state index in [0.29, 0.717) is 44.7 Å². The summed E-state index contributed by atoms with van der Waals surface area (Å²) in [7, 11) is 1.64. The van der Waals surface area contributed by atoms with E-state index in [9.17, 15) is 0 Å². The molecule has 1 rings (SSSR count). The minimum Gasteiger partial charge on any atom is -0.491 e. The largest absolute Gasteiger partial charge is 0.491 e. The van der Waals surface area contributed by atoms with E-state index in [4.69, 9.17) is 36.3 Å². The van der Waals surface area contributed by atoms with Crippen molar-refractivity contribution in [2.75, 3.05) is 46.8 Å². The molecule has 0 spiro atoms. The highest BCUT2D eigenvalue weighted by atomic mass is 35.5. The van der Waals surface area contributed by atoms with Crippen molar-refractivity contribution in [1.29, 1.82) is 0 Å². The van der Waals surface area contributed by atoms with Gasteiger partial charge in [-0.05, 0) is 25.1 Å². The predicted octanol–water partition coefficient (Wildman–Crippen LogP) is 2.42. The van der Waals surface area contributed by atoms with Crippen molar-refractivity contribution in [3.05, 3.63) is 28.8 Å². The van der Waals surface area contributed by atoms with E-state index >= 15 is 0 Å². The predicted molar refractivity (Wildman–Crippen MR) is 83.1 cm³/mol. The summed E-state index contributed by atoms with van der Waals surface area (Å²) in [6, 6.07) is 5.31. The Morgan fingerprint density at radius 2 is 1.67 bits per heavy atom. The molecule has 5 nitrogen and oxygen atoms in total. The number of rotatable bonds is 11. The highest BCUT2D eigenvalue weighted by Gasteiger charge is 2.08. The van der Waals surface area contributed by atoms with Gasteiger partial charge in [0.1, 0.15) is 12.4 Å². The number of hydrogen-bond donors (Lipinski definition) is 1. The number of benzene rings is 1. The van der Waals surface area contributed by atoms with E-state index in [2.05, 4.69) is 0 Å². The minimum absolute atomic E-state index is 0.131. The molecule has 0 aliphatic rings. The highest BCUT2D eigenvalue weighted by Crippen LogP contribution is 2.27. The second-order valence-electron chi connectivity index (χ2n) is 4.54. The van der Waals surface area contributed by atoms with Crippen LogP contribution in [0.2, 0.25) is 5.02 Å². The van der Waals surface area contributed by atoms with Crippen molar-refractivity contribution in [2.45, 2.75) is 13.0 Å². The fraction of sp³-hybridized carbons (Fsp3) is 0.600. The molecule has 0 amide bonds. The summed E-state index contributed by atoms with van der Waals surface area (Å²) in [6.45, 7) is 5.11. The molecule has 2 N–H and O–H groups in total. The summed E-state index contributed by atoms with van der Waals surface area (Å²) in [4.78, 5) is 0. The van der Waals surface area contributed by atoms with Gasteiger partial charge in [0.25, 0.3) is 0 Å². The summed E-state index contributed by atoms with van der Waals surface area (Å²) in [5.41, 5.74) is 6.79. The third-order valence-electron chi connectivity index (χ3n) is 2.75. The topological polar surface area (TPSA) is 62.9 Å². The van der Waals surface area contributed by atoms with Crippen molar-refractivity contribution in [2.24, 2.45) is 5.73 Å². The Morgan fingerprint density at radius 3 is 2.29 bits per heavy atom. The maximum atomic E-state index is 5.96. The zero-order chi connectivity index (χ0) is 15.5. The first-order valence-electron chi connectivity index (χ1n) is 6.97. The molecule has 0 aliphatic carbocycles. The van der Waals surface area contributed by atoms with Gasteiger partial charge in [0.15, 0.2) is 0 Å². The molecule has 1 atom stereocenters. The molecular weight excluding hydrogens is 294 g/mol. The van der Waals surface area contributed by atoms with Crippen molar-refractivity contribution < 1.29 is 18.9 Å². The highest BCUT2D eigenvalue weighted by molar-refractivity contribution is 6.30. The molecule has 0 saturated carbocycles. The number of hydrogen-bond acceptors (Lipinski definition) is 5. The summed E-state index contributed by atoms with van der Waals surface area (Å²) >= 11 is 5.96. The van der Waals surface area contributed by atoms with Gasteiger partial charge >= 0.3 is 0 Å². The first kappa shape index (κ1) is 18.2. The molecule has 0 aromatic heterocycles. The van der Waals surface area contributed by atoms with Gasteiger partial charge in [-0.3, -0.25) is 0 Å². The standard InChI is InChI=1S/C15H24ClNO4/c1-12(17)14-11-13(16)3-4-15(14)21-10-9-20-8-7-19-6-5-18-2/h3-4,11-12H,5-10,17H2,1-2H3/t12-/m1/s1. The van der Waals surface area contributed by atoms with Crippen LogP contribution in [0.15, 0.2) is 18.2 Å². The molecule has 0 aliphatic heterocycles. The second kappa shape index (κ2) is 10.8. The lowest BCUT2D eigenvalue weighted by molar-refractivity contribution is 0.0179. The molecule has 1 aromatic rings. The maximum absolute atomic E-state index is 5.96. The van der Waals surface area contributed by atoms with Crippen LogP contribution in [-0.2, 0) is 14.2 Å². The third-order valence-corrected chi connectivity index (χ3v) is 2.99. The van der Waals surface area contributed by atoms with Crippen LogP contribution in [0.1, 0.15) is 18.5 Å². The molecule has 0 unspecified atom stereocenters. The summed E-state index contributed by atoms with van der Waals surface area (Å²) in [5.74, 6) is 0.745. The van der Waals surface area contributed by atoms with Crippen LogP contribution in [-0.4, -0.2) is 46.8 Å². The van der Waals surface area contributed by atoms with Crippen molar-refractivity contribution >= 4 is 11.6 Å². The van der Waals surface area contributed by atoms with Gasteiger partial charge in [0.2, 0.25) is 0 Å². The molecule has 0 saturated heterocycles. The molecule has 1 aromatic carbocycles. The van der Waals surface area contributed by atoms with E-state index in [1.54, 1.807) is 13.2 Å². The molecule has 21 heavy (non-hydrogen) atoms. The third kappa shape index (κ3) is 7.64. The van der Waals surface area contributed by atoms with Crippen molar-refractivity contribution in [1.82, 2.24) is 0 Å². The normalized spacial score (nSPS) is 12.4. The van der Waals surface area contributed by atoms with Crippen LogP contribution in [0.4, 0.5) is 0 Å². The smallest absolute Gasteiger partial charge is 0.124 e. The van der Waals surface area contributed by atoms with Crippen molar-refractivity contribution in [3.8, 4) is 5.75 Å². The lowest BCUT2D eigenvalue weighted by Crippen LogP contribution is -2.14. The van der Waals surface area contributed by atoms with Crippen molar-refractivity contribution in [3.63, 3.8) is 0 Å². The van der Waals surface area contributed by atoms with Crippen LogP contribution in [0, 0.1) is 0 Å². The first-order chi connectivity index (χ1) is 10.1. The Labute approximate surface area is 131 Å². The molecule has 0 bridgehead atoms. The molecule has 120 valence electrons. The summed E-state index contributed by atoms with van der Waals surface area (Å²) in [5, 5.41) is 0.652. The molecule has 0 radical (unpaired) electrons. The van der Waals surface area contributed by atoms with Gasteiger partial charge in [-0.15, -0.1) is 0 Å². The fourth-order valence-corrected chi connectivity index (χ4v) is 1.86. The van der Waals surface area contributed by atoms with Crippen LogP contribution >= 0.6 is 11.6 Å². The van der Waals surface area contributed by atoms with Gasteiger partial charge in [0.05, 0.1) is 33.0 Å². The van der Waals surface area contributed by atoms with Crippen LogP contribution < -0.4 is 10.5 Å². The van der Waals surface area contributed by atoms with Gasteiger partial charge in [-0.1, -0.05) is 11.6 Å². The van der Waals surface area contributed by atoms with Crippen LogP contribution in [0.5, 0.6) is 5.75 Å². The van der Waals surface area contributed by atoms with Gasteiger partial charge in [-0.2, -0.15) is 0 Å². The van der Waals surface area contributed by atoms with E-state index in [1.165, 1.54) is 0 Å². The lowest BCUT2D eigenvalue weighted by atomic mass is 10.1. The molecular formula is C15H24ClNO4. The fourth-order valence-electron chi connectivity index (χ4n) is 1.68. The van der Waals surface area contributed by atoms with Crippen LogP contribution in [0.25, 0.3) is 0 Å². The molecule has 6 heteroatoms. The first-order valence-corrected chi connectivity index (χ1v) is 7.35. The maximum Gasteiger partial charge on any atom is 0.124 e. The SMILES string of the molecule is COCCOCCOCCOc1ccc(Cl)cc1[C@@H](C)N. The Bertz CT molecular complexity index is 401. The number of ether oxygens (including phenoxy) is 4. The summed E-state index contributed by atoms with van der Waals surface area (Å²) in [6.07, 6.45) is 0. The zero-order valence-corrected chi connectivity index (χ0v) is 13.4. The Kier molecular flexibility index (Phi) is 9.37. The number of methoxy groups -OCH3 is 1. The second-order valence-corrected chi connectivity index (χ2v) is 4.97. The van der Waals surface area contributed by atoms with Crippen LogP contribution in [0.3, 0.4) is 0 Å². The van der Waals surface area contributed by atoms with Gasteiger partial charge in [-0.25, -0.2) is 0 Å². The average Bonchev–Trinajstić information content (AvgIpc) is 2.46. The summed E-state index contributed by atoms with van der Waals surface area (Å²) < 4.78 is 21.2. The molecule has 0 fully saturated rings. The van der Waals surface area contributed by atoms with E-state index in [1.807, 2.05) is 19.1 Å². The monoisotopic (exact) mass is 317 g/mol. The Morgan fingerprint density at radius 1 is 1.05 bits per heavy atom. The van der Waals surface area contributed by atoms with Gasteiger partial charge in [0, 0.05) is 23.7 Å². The zero-order valence-electron chi connectivity index (χ0n) is 12.6. The Balaban J connectivity index is 2.18. The number of halogens is 1. The lowest BCUT2D eigenvalue weighted by Gasteiger charge is -2.14. The average molecular weight is 318 g/mol. The molecule has 0 heterocycles. The van der Waals surface area contributed by atoms with E-state index in [0.717, 1.165) is 11.3 Å². The quantitative estimate of drug-likeness (QED) is 0.635. The minimum atomic E-state index is -0.131. The van der Waals surface area contributed by atoms with E-state index < -0.39 is 0 Å². The van der Waals surface area contributed by atoms with Gasteiger partial charge < -0.3 is 24.7 Å². The Hall–Kier alpha value is -0.850. The number of nitrogens with two attached hydrogens (primary N) is 1.